The number of carbonyl (C=O) groups is 1. The van der Waals surface area contributed by atoms with Crippen molar-refractivity contribution in [1.29, 1.82) is 0 Å². The van der Waals surface area contributed by atoms with Crippen LogP contribution in [0.4, 0.5) is 14.9 Å². The number of hydrogen-bond acceptors (Lipinski definition) is 1. The van der Waals surface area contributed by atoms with E-state index in [0.717, 1.165) is 0 Å². The van der Waals surface area contributed by atoms with E-state index in [9.17, 15) is 9.18 Å². The Bertz CT molecular complexity index is 537. The Balaban J connectivity index is 2.59. The van der Waals surface area contributed by atoms with Gasteiger partial charge in [0.2, 0.25) is 0 Å². The number of fused-ring (bicyclic) bond motifs is 1. The highest BCUT2D eigenvalue weighted by Gasteiger charge is 2.08. The largest absolute Gasteiger partial charge is 0.359 e. The third-order valence-electron chi connectivity index (χ3n) is 1.98. The van der Waals surface area contributed by atoms with Crippen molar-refractivity contribution in [3.8, 4) is 0 Å². The van der Waals surface area contributed by atoms with E-state index < -0.39 is 11.8 Å². The van der Waals surface area contributed by atoms with Gasteiger partial charge in [-0.3, -0.25) is 0 Å². The number of nitrogens with one attached hydrogen (secondary N) is 2. The van der Waals surface area contributed by atoms with E-state index in [0.29, 0.717) is 16.6 Å². The summed E-state index contributed by atoms with van der Waals surface area (Å²) in [5.74, 6) is -0.517. The zero-order valence-corrected chi connectivity index (χ0v) is 8.23. The molecule has 2 amide bonds. The third-order valence-corrected chi connectivity index (χ3v) is 2.27. The van der Waals surface area contributed by atoms with Gasteiger partial charge in [-0.1, -0.05) is 11.6 Å². The summed E-state index contributed by atoms with van der Waals surface area (Å²) in [7, 11) is 0. The quantitative estimate of drug-likeness (QED) is 0.688. The smallest absolute Gasteiger partial charge is 0.316 e. The van der Waals surface area contributed by atoms with E-state index in [1.165, 1.54) is 18.3 Å². The lowest BCUT2D eigenvalue weighted by atomic mass is 10.2. The Labute approximate surface area is 89.2 Å². The van der Waals surface area contributed by atoms with Crippen molar-refractivity contribution in [2.45, 2.75) is 0 Å². The number of rotatable bonds is 1. The fourth-order valence-electron chi connectivity index (χ4n) is 1.35. The molecular formula is C9H7ClFN3O. The monoisotopic (exact) mass is 227 g/mol. The topological polar surface area (TPSA) is 70.9 Å². The van der Waals surface area contributed by atoms with E-state index in [2.05, 4.69) is 10.3 Å². The first-order valence-corrected chi connectivity index (χ1v) is 4.48. The van der Waals surface area contributed by atoms with Gasteiger partial charge in [0, 0.05) is 11.6 Å². The van der Waals surface area contributed by atoms with Crippen LogP contribution in [-0.2, 0) is 0 Å². The van der Waals surface area contributed by atoms with Gasteiger partial charge in [-0.25, -0.2) is 9.18 Å². The van der Waals surface area contributed by atoms with Crippen LogP contribution in [0.2, 0.25) is 5.02 Å². The summed E-state index contributed by atoms with van der Waals surface area (Å²) >= 11 is 5.62. The molecule has 1 aromatic carbocycles. The van der Waals surface area contributed by atoms with Crippen molar-refractivity contribution >= 4 is 34.2 Å². The number of amides is 2. The van der Waals surface area contributed by atoms with Crippen LogP contribution in [0.25, 0.3) is 10.9 Å². The maximum atomic E-state index is 13.1. The summed E-state index contributed by atoms with van der Waals surface area (Å²) in [6.07, 6.45) is 1.52. The van der Waals surface area contributed by atoms with Crippen molar-refractivity contribution in [3.63, 3.8) is 0 Å². The summed E-state index contributed by atoms with van der Waals surface area (Å²) in [5.41, 5.74) is 5.99. The van der Waals surface area contributed by atoms with Gasteiger partial charge in [0.05, 0.1) is 16.2 Å². The Hall–Kier alpha value is -1.75. The van der Waals surface area contributed by atoms with E-state index >= 15 is 0 Å². The van der Waals surface area contributed by atoms with Gasteiger partial charge in [-0.05, 0) is 12.1 Å². The second-order valence-corrected chi connectivity index (χ2v) is 3.41. The second kappa shape index (κ2) is 3.43. The molecule has 0 unspecified atom stereocenters. The third kappa shape index (κ3) is 1.73. The first-order chi connectivity index (χ1) is 7.08. The maximum absolute atomic E-state index is 13.1. The fraction of sp³-hybridized carbons (Fsp3) is 0. The molecule has 6 heteroatoms. The van der Waals surface area contributed by atoms with E-state index in [-0.39, 0.29) is 5.02 Å². The van der Waals surface area contributed by atoms with Gasteiger partial charge in [0.1, 0.15) is 5.82 Å². The van der Waals surface area contributed by atoms with Crippen molar-refractivity contribution < 1.29 is 9.18 Å². The number of H-pyrrole nitrogens is 1. The highest BCUT2D eigenvalue weighted by molar-refractivity contribution is 6.31. The summed E-state index contributed by atoms with van der Waals surface area (Å²) < 4.78 is 13.1. The first-order valence-electron chi connectivity index (χ1n) is 4.10. The van der Waals surface area contributed by atoms with Gasteiger partial charge in [0.15, 0.2) is 0 Å². The van der Waals surface area contributed by atoms with Crippen LogP contribution in [-0.4, -0.2) is 11.0 Å². The van der Waals surface area contributed by atoms with E-state index in [1.54, 1.807) is 0 Å². The standard InChI is InChI=1S/C9H7ClFN3O/c10-5-1-4-7(2-6(5)11)13-3-8(4)14-9(12)15/h1-3,13H,(H3,12,14,15). The molecule has 1 aromatic heterocycles. The molecule has 78 valence electrons. The molecule has 2 rings (SSSR count). The Morgan fingerprint density at radius 3 is 2.93 bits per heavy atom. The van der Waals surface area contributed by atoms with Gasteiger partial charge < -0.3 is 16.0 Å². The molecule has 0 atom stereocenters. The van der Waals surface area contributed by atoms with E-state index in [1.807, 2.05) is 0 Å². The molecule has 0 fully saturated rings. The van der Waals surface area contributed by atoms with Crippen LogP contribution >= 0.6 is 11.6 Å². The van der Waals surface area contributed by atoms with Gasteiger partial charge in [-0.2, -0.15) is 0 Å². The van der Waals surface area contributed by atoms with Crippen LogP contribution in [0.15, 0.2) is 18.3 Å². The van der Waals surface area contributed by atoms with Crippen molar-refractivity contribution in [1.82, 2.24) is 4.98 Å². The zero-order valence-electron chi connectivity index (χ0n) is 7.47. The van der Waals surface area contributed by atoms with Gasteiger partial charge in [0.25, 0.3) is 0 Å². The molecule has 2 aromatic rings. The number of aromatic amines is 1. The Morgan fingerprint density at radius 1 is 1.53 bits per heavy atom. The van der Waals surface area contributed by atoms with Crippen LogP contribution < -0.4 is 11.1 Å². The summed E-state index contributed by atoms with van der Waals surface area (Å²) in [5, 5.41) is 3.01. The molecular weight excluding hydrogens is 221 g/mol. The van der Waals surface area contributed by atoms with Gasteiger partial charge in [-0.15, -0.1) is 0 Å². The van der Waals surface area contributed by atoms with Crippen LogP contribution in [0.1, 0.15) is 0 Å². The highest BCUT2D eigenvalue weighted by Crippen LogP contribution is 2.28. The summed E-state index contributed by atoms with van der Waals surface area (Å²) in [4.78, 5) is 13.4. The average Bonchev–Trinajstić information content (AvgIpc) is 2.49. The number of aromatic nitrogens is 1. The average molecular weight is 228 g/mol. The molecule has 4 nitrogen and oxygen atoms in total. The fourth-order valence-corrected chi connectivity index (χ4v) is 1.52. The molecule has 1 heterocycles. The first kappa shape index (κ1) is 9.79. The van der Waals surface area contributed by atoms with Crippen molar-refractivity contribution in [2.75, 3.05) is 5.32 Å². The normalized spacial score (nSPS) is 10.5. The number of benzene rings is 1. The minimum absolute atomic E-state index is 0.00498. The van der Waals surface area contributed by atoms with Gasteiger partial charge >= 0.3 is 6.03 Å². The van der Waals surface area contributed by atoms with Crippen LogP contribution in [0.3, 0.4) is 0 Å². The summed E-state index contributed by atoms with van der Waals surface area (Å²) in [6, 6.07) is 1.99. The molecule has 0 spiro atoms. The molecule has 0 saturated heterocycles. The predicted octanol–water partition coefficient (Wildman–Crippen LogP) is 2.45. The molecule has 0 radical (unpaired) electrons. The predicted molar refractivity (Wildman–Crippen MR) is 56.5 cm³/mol. The SMILES string of the molecule is NC(=O)Nc1c[nH]c2cc(F)c(Cl)cc12. The zero-order chi connectivity index (χ0) is 11.0. The highest BCUT2D eigenvalue weighted by atomic mass is 35.5. The number of anilines is 1. The summed E-state index contributed by atoms with van der Waals surface area (Å²) in [6.45, 7) is 0. The number of hydrogen-bond donors (Lipinski definition) is 3. The van der Waals surface area contributed by atoms with Crippen LogP contribution in [0, 0.1) is 5.82 Å². The number of halogens is 2. The lowest BCUT2D eigenvalue weighted by Gasteiger charge is -1.99. The lowest BCUT2D eigenvalue weighted by Crippen LogP contribution is -2.18. The van der Waals surface area contributed by atoms with Crippen LogP contribution in [0.5, 0.6) is 0 Å². The number of carbonyl (C=O) groups excluding carboxylic acids is 1. The lowest BCUT2D eigenvalue weighted by molar-refractivity contribution is 0.259. The minimum atomic E-state index is -0.684. The number of nitrogens with two attached hydrogens (primary N) is 1. The molecule has 0 aliphatic rings. The molecule has 15 heavy (non-hydrogen) atoms. The van der Waals surface area contributed by atoms with Crippen molar-refractivity contribution in [2.24, 2.45) is 5.73 Å². The number of urea groups is 1. The second-order valence-electron chi connectivity index (χ2n) is 3.00. The molecule has 0 saturated carbocycles. The number of primary amides is 1. The molecule has 0 aliphatic carbocycles. The Morgan fingerprint density at radius 2 is 2.27 bits per heavy atom. The van der Waals surface area contributed by atoms with Crippen molar-refractivity contribution in [3.05, 3.63) is 29.2 Å². The van der Waals surface area contributed by atoms with E-state index in [4.69, 9.17) is 17.3 Å². The maximum Gasteiger partial charge on any atom is 0.316 e. The Kier molecular flexibility index (Phi) is 2.24. The molecule has 4 N–H and O–H groups in total. The molecule has 0 bridgehead atoms. The molecule has 0 aliphatic heterocycles. The minimum Gasteiger partial charge on any atom is -0.359 e.